The van der Waals surface area contributed by atoms with Crippen LogP contribution in [0.4, 0.5) is 0 Å². The van der Waals surface area contributed by atoms with Gasteiger partial charge < -0.3 is 18.3 Å². The number of hydrogen-bond acceptors (Lipinski definition) is 1. The molecule has 0 aliphatic carbocycles. The topological polar surface area (TPSA) is 12.4 Å². The van der Waals surface area contributed by atoms with Gasteiger partial charge in [0.2, 0.25) is 0 Å². The Kier molecular flexibility index (Phi) is 5.85. The Hall–Kier alpha value is 0.774. The van der Waals surface area contributed by atoms with Gasteiger partial charge in [0.25, 0.3) is 0 Å². The van der Waals surface area contributed by atoms with E-state index in [1.54, 1.807) is 0 Å². The van der Waals surface area contributed by atoms with Crippen LogP contribution in [0, 0.1) is 13.3 Å². The molecule has 1 aliphatic heterocycles. The molecule has 0 amide bonds. The van der Waals surface area contributed by atoms with Crippen LogP contribution in [0.3, 0.4) is 0 Å². The van der Waals surface area contributed by atoms with Crippen LogP contribution < -0.4 is 0 Å². The zero-order valence-electron chi connectivity index (χ0n) is 6.51. The van der Waals surface area contributed by atoms with Gasteiger partial charge in [-0.25, -0.2) is 0 Å². The van der Waals surface area contributed by atoms with Crippen molar-refractivity contribution in [2.75, 3.05) is 0 Å². The number of nitrogens with zero attached hydrogens (tertiary/aromatic N) is 1. The predicted octanol–water partition coefficient (Wildman–Crippen LogP) is 2.04. The fourth-order valence-electron chi connectivity index (χ4n) is 1.07. The number of aliphatic imine (C=N–C) groups is 1. The van der Waals surface area contributed by atoms with Gasteiger partial charge in [-0.05, 0) is 13.3 Å². The molecule has 1 unspecified atom stereocenters. The molecule has 1 atom stereocenters. The zero-order chi connectivity index (χ0) is 6.69. The molecule has 1 nitrogen and oxygen atoms in total. The molecule has 55 valence electrons. The Bertz CT molecular complexity index is 120. The molecule has 2 heteroatoms. The molecule has 0 bridgehead atoms. The zero-order valence-corrected chi connectivity index (χ0v) is 9.35. The SMILES string of the molecule is [CH2-]CC1[CH-]CCC(C)=N1.[Y]. The van der Waals surface area contributed by atoms with E-state index < -0.39 is 0 Å². The van der Waals surface area contributed by atoms with Gasteiger partial charge >= 0.3 is 0 Å². The smallest absolute Gasteiger partial charge is 0.00373 e. The van der Waals surface area contributed by atoms with Gasteiger partial charge in [0.1, 0.15) is 0 Å². The molecular weight excluding hydrogens is 199 g/mol. The van der Waals surface area contributed by atoms with Crippen LogP contribution in [0.25, 0.3) is 0 Å². The minimum atomic E-state index is 0. The van der Waals surface area contributed by atoms with E-state index in [0.717, 1.165) is 12.8 Å². The maximum Gasteiger partial charge on any atom is 0.00373 e. The van der Waals surface area contributed by atoms with Crippen molar-refractivity contribution < 1.29 is 32.7 Å². The second-order valence-corrected chi connectivity index (χ2v) is 2.49. The van der Waals surface area contributed by atoms with Gasteiger partial charge in [-0.1, -0.05) is 0 Å². The Labute approximate surface area is 88.6 Å². The molecule has 1 rings (SSSR count). The predicted molar refractivity (Wildman–Crippen MR) is 40.4 cm³/mol. The van der Waals surface area contributed by atoms with Crippen molar-refractivity contribution in [2.45, 2.75) is 32.2 Å². The maximum absolute atomic E-state index is 4.40. The molecule has 0 N–H and O–H groups in total. The van der Waals surface area contributed by atoms with E-state index in [2.05, 4.69) is 25.3 Å². The van der Waals surface area contributed by atoms with Crippen molar-refractivity contribution in [3.8, 4) is 0 Å². The third kappa shape index (κ3) is 3.25. The summed E-state index contributed by atoms with van der Waals surface area (Å²) in [4.78, 5) is 4.40. The van der Waals surface area contributed by atoms with Crippen LogP contribution in [0.15, 0.2) is 4.99 Å². The van der Waals surface area contributed by atoms with Gasteiger partial charge in [-0.3, -0.25) is 0 Å². The van der Waals surface area contributed by atoms with E-state index >= 15 is 0 Å². The molecule has 1 heterocycles. The van der Waals surface area contributed by atoms with Crippen LogP contribution in [0.1, 0.15) is 26.2 Å². The molecule has 0 aromatic rings. The summed E-state index contributed by atoms with van der Waals surface area (Å²) >= 11 is 0. The average molecular weight is 212 g/mol. The minimum absolute atomic E-state index is 0. The van der Waals surface area contributed by atoms with E-state index in [9.17, 15) is 0 Å². The van der Waals surface area contributed by atoms with Crippen LogP contribution in [-0.4, -0.2) is 11.8 Å². The summed E-state index contributed by atoms with van der Waals surface area (Å²) in [5.74, 6) is 0. The van der Waals surface area contributed by atoms with Crippen LogP contribution in [-0.2, 0) is 32.7 Å². The molecule has 0 aromatic carbocycles. The van der Waals surface area contributed by atoms with Crippen molar-refractivity contribution >= 4 is 5.71 Å². The van der Waals surface area contributed by atoms with Gasteiger partial charge in [0, 0.05) is 38.4 Å². The normalized spacial score (nSPS) is 25.0. The van der Waals surface area contributed by atoms with Gasteiger partial charge in [-0.15, -0.1) is 6.04 Å². The summed E-state index contributed by atoms with van der Waals surface area (Å²) in [6.07, 6.45) is 5.50. The minimum Gasteiger partial charge on any atom is -0.344 e. The van der Waals surface area contributed by atoms with Crippen molar-refractivity contribution in [1.29, 1.82) is 0 Å². The summed E-state index contributed by atoms with van der Waals surface area (Å²) in [5.41, 5.74) is 1.28. The van der Waals surface area contributed by atoms with E-state index in [-0.39, 0.29) is 32.7 Å². The summed E-state index contributed by atoms with van der Waals surface area (Å²) < 4.78 is 0. The first-order chi connectivity index (χ1) is 4.33. The Morgan fingerprint density at radius 3 is 2.90 bits per heavy atom. The van der Waals surface area contributed by atoms with Crippen molar-refractivity contribution in [3.63, 3.8) is 0 Å². The second kappa shape index (κ2) is 5.43. The molecule has 1 radical (unpaired) electrons. The summed E-state index contributed by atoms with van der Waals surface area (Å²) in [6.45, 7) is 5.90. The largest absolute Gasteiger partial charge is 0.344 e. The van der Waals surface area contributed by atoms with Crippen molar-refractivity contribution in [3.05, 3.63) is 13.3 Å². The van der Waals surface area contributed by atoms with Gasteiger partial charge in [0.15, 0.2) is 0 Å². The molecule has 10 heavy (non-hydrogen) atoms. The van der Waals surface area contributed by atoms with Gasteiger partial charge in [-0.2, -0.15) is 12.8 Å². The summed E-state index contributed by atoms with van der Waals surface area (Å²) in [7, 11) is 0. The average Bonchev–Trinajstić information content (AvgIpc) is 1.88. The second-order valence-electron chi connectivity index (χ2n) is 2.49. The monoisotopic (exact) mass is 212 g/mol. The van der Waals surface area contributed by atoms with Crippen molar-refractivity contribution in [1.82, 2.24) is 0 Å². The Morgan fingerprint density at radius 1 is 1.80 bits per heavy atom. The van der Waals surface area contributed by atoms with Gasteiger partial charge in [0.05, 0.1) is 0 Å². The Morgan fingerprint density at radius 2 is 2.50 bits per heavy atom. The molecule has 0 fully saturated rings. The molecule has 0 spiro atoms. The third-order valence-electron chi connectivity index (χ3n) is 1.63. The molecule has 0 saturated heterocycles. The number of hydrogen-bond donors (Lipinski definition) is 0. The summed E-state index contributed by atoms with van der Waals surface area (Å²) in [5, 5.41) is 0. The van der Waals surface area contributed by atoms with Crippen LogP contribution >= 0.6 is 0 Å². The third-order valence-corrected chi connectivity index (χ3v) is 1.63. The first kappa shape index (κ1) is 10.8. The molecule has 0 aromatic heterocycles. The molecule has 0 saturated carbocycles. The van der Waals surface area contributed by atoms with E-state index in [0.29, 0.717) is 6.04 Å². The first-order valence-electron chi connectivity index (χ1n) is 3.49. The van der Waals surface area contributed by atoms with E-state index in [4.69, 9.17) is 0 Å². The maximum atomic E-state index is 4.40. The fourth-order valence-corrected chi connectivity index (χ4v) is 1.07. The quantitative estimate of drug-likeness (QED) is 0.590. The van der Waals surface area contributed by atoms with Crippen molar-refractivity contribution in [2.24, 2.45) is 4.99 Å². The molecular formula is C8H13NY-2. The van der Waals surface area contributed by atoms with Crippen LogP contribution in [0.2, 0.25) is 0 Å². The first-order valence-corrected chi connectivity index (χ1v) is 3.49. The molecule has 1 aliphatic rings. The van der Waals surface area contributed by atoms with E-state index in [1.807, 2.05) is 0 Å². The van der Waals surface area contributed by atoms with Crippen LogP contribution in [0.5, 0.6) is 0 Å². The summed E-state index contributed by atoms with van der Waals surface area (Å²) in [6, 6.07) is 0.416. The standard InChI is InChI=1S/C8H13N.Y/c1-3-8-6-4-5-7(2)9-8;/h6,8H,1,3-5H2,2H3;/q-2;. The number of rotatable bonds is 1. The van der Waals surface area contributed by atoms with E-state index in [1.165, 1.54) is 12.1 Å². The fraction of sp³-hybridized carbons (Fsp3) is 0.625. The Balaban J connectivity index is 0.000000810.